The molecule has 0 saturated heterocycles. The van der Waals surface area contributed by atoms with Crippen LogP contribution in [0.15, 0.2) is 48.5 Å². The van der Waals surface area contributed by atoms with Gasteiger partial charge in [-0.15, -0.1) is 23.2 Å². The molecule has 0 aliphatic carbocycles. The fourth-order valence-electron chi connectivity index (χ4n) is 2.17. The average molecular weight is 368 g/mol. The summed E-state index contributed by atoms with van der Waals surface area (Å²) in [5, 5.41) is 14.7. The predicted molar refractivity (Wildman–Crippen MR) is 101 cm³/mol. The first kappa shape index (κ1) is 18.2. The lowest BCUT2D eigenvalue weighted by molar-refractivity contribution is 0.262. The van der Waals surface area contributed by atoms with Crippen LogP contribution in [0.25, 0.3) is 0 Å². The van der Waals surface area contributed by atoms with Crippen LogP contribution in [0.1, 0.15) is 0 Å². The Balaban J connectivity index is 1.95. The van der Waals surface area contributed by atoms with Gasteiger partial charge >= 0.3 is 6.03 Å². The highest BCUT2D eigenvalue weighted by Gasteiger charge is 2.07. The highest BCUT2D eigenvalue weighted by Crippen LogP contribution is 2.19. The smallest absolute Gasteiger partial charge is 0.323 e. The maximum atomic E-state index is 12.0. The summed E-state index contributed by atoms with van der Waals surface area (Å²) >= 11 is 11.6. The first-order chi connectivity index (χ1) is 11.6. The van der Waals surface area contributed by atoms with Gasteiger partial charge in [0, 0.05) is 41.9 Å². The van der Waals surface area contributed by atoms with Crippen molar-refractivity contribution in [2.75, 3.05) is 40.4 Å². The zero-order valence-electron chi connectivity index (χ0n) is 13.0. The minimum atomic E-state index is -0.355. The number of halogens is 2. The zero-order valence-corrected chi connectivity index (χ0v) is 14.5. The molecule has 0 heterocycles. The van der Waals surface area contributed by atoms with Crippen molar-refractivity contribution >= 4 is 46.3 Å². The van der Waals surface area contributed by atoms with E-state index in [4.69, 9.17) is 23.2 Å². The standard InChI is InChI=1S/C17H19Cl2N3O2/c18-9-11-22(12-10-19)15-5-1-13(2-6-15)20-17(24)21-14-3-7-16(23)8-4-14/h1-8,23H,9-12H2,(H2,20,21,24). The van der Waals surface area contributed by atoms with Gasteiger partial charge in [0.15, 0.2) is 0 Å². The number of hydrogen-bond acceptors (Lipinski definition) is 3. The summed E-state index contributed by atoms with van der Waals surface area (Å²) in [5.74, 6) is 1.19. The fourth-order valence-corrected chi connectivity index (χ4v) is 2.58. The Morgan fingerprint density at radius 3 is 1.79 bits per heavy atom. The van der Waals surface area contributed by atoms with E-state index in [2.05, 4.69) is 15.5 Å². The number of hydrogen-bond donors (Lipinski definition) is 3. The first-order valence-electron chi connectivity index (χ1n) is 7.46. The van der Waals surface area contributed by atoms with Crippen LogP contribution >= 0.6 is 23.2 Å². The summed E-state index contributed by atoms with van der Waals surface area (Å²) in [5.41, 5.74) is 2.27. The second kappa shape index (κ2) is 9.25. The second-order valence-corrected chi connectivity index (χ2v) is 5.79. The van der Waals surface area contributed by atoms with Gasteiger partial charge in [0.2, 0.25) is 0 Å². The van der Waals surface area contributed by atoms with Crippen molar-refractivity contribution in [1.29, 1.82) is 0 Å². The summed E-state index contributed by atoms with van der Waals surface area (Å²) in [6.45, 7) is 1.42. The maximum absolute atomic E-state index is 12.0. The van der Waals surface area contributed by atoms with E-state index in [0.29, 0.717) is 36.2 Å². The lowest BCUT2D eigenvalue weighted by Crippen LogP contribution is -2.27. The molecule has 0 unspecified atom stereocenters. The van der Waals surface area contributed by atoms with E-state index >= 15 is 0 Å². The van der Waals surface area contributed by atoms with E-state index in [1.54, 1.807) is 12.1 Å². The molecule has 0 bridgehead atoms. The minimum Gasteiger partial charge on any atom is -0.508 e. The van der Waals surface area contributed by atoms with Crippen molar-refractivity contribution in [3.63, 3.8) is 0 Å². The number of benzene rings is 2. The van der Waals surface area contributed by atoms with Crippen LogP contribution in [0.5, 0.6) is 5.75 Å². The van der Waals surface area contributed by atoms with Crippen LogP contribution in [-0.4, -0.2) is 36.0 Å². The topological polar surface area (TPSA) is 64.6 Å². The molecule has 3 N–H and O–H groups in total. The van der Waals surface area contributed by atoms with E-state index in [-0.39, 0.29) is 11.8 Å². The fraction of sp³-hybridized carbons (Fsp3) is 0.235. The third-order valence-corrected chi connectivity index (χ3v) is 3.66. The lowest BCUT2D eigenvalue weighted by atomic mass is 10.2. The van der Waals surface area contributed by atoms with Crippen LogP contribution in [0, 0.1) is 0 Å². The highest BCUT2D eigenvalue weighted by atomic mass is 35.5. The molecule has 0 aliphatic heterocycles. The Bertz CT molecular complexity index is 642. The molecule has 2 amide bonds. The van der Waals surface area contributed by atoms with Gasteiger partial charge in [-0.25, -0.2) is 4.79 Å². The summed E-state index contributed by atoms with van der Waals surface area (Å²) in [7, 11) is 0. The van der Waals surface area contributed by atoms with Gasteiger partial charge in [-0.05, 0) is 48.5 Å². The third-order valence-electron chi connectivity index (χ3n) is 3.32. The van der Waals surface area contributed by atoms with E-state index in [0.717, 1.165) is 5.69 Å². The third kappa shape index (κ3) is 5.51. The number of nitrogens with zero attached hydrogens (tertiary/aromatic N) is 1. The predicted octanol–water partition coefficient (Wildman–Crippen LogP) is 4.32. The molecule has 0 radical (unpaired) electrons. The van der Waals surface area contributed by atoms with Crippen LogP contribution in [-0.2, 0) is 0 Å². The molecule has 7 heteroatoms. The summed E-state index contributed by atoms with van der Waals surface area (Å²) in [6, 6.07) is 13.4. The molecule has 2 aromatic rings. The second-order valence-electron chi connectivity index (χ2n) is 5.04. The van der Waals surface area contributed by atoms with Gasteiger partial charge in [0.05, 0.1) is 0 Å². The molecule has 0 saturated carbocycles. The largest absolute Gasteiger partial charge is 0.508 e. The van der Waals surface area contributed by atoms with Gasteiger partial charge in [0.25, 0.3) is 0 Å². The molecule has 128 valence electrons. The van der Waals surface area contributed by atoms with Crippen molar-refractivity contribution in [1.82, 2.24) is 0 Å². The number of carbonyl (C=O) groups excluding carboxylic acids is 1. The number of alkyl halides is 2. The Hall–Kier alpha value is -2.11. The molecular weight excluding hydrogens is 349 g/mol. The minimum absolute atomic E-state index is 0.148. The molecule has 2 rings (SSSR count). The van der Waals surface area contributed by atoms with Crippen molar-refractivity contribution in [3.05, 3.63) is 48.5 Å². The van der Waals surface area contributed by atoms with Gasteiger partial charge < -0.3 is 20.6 Å². The van der Waals surface area contributed by atoms with E-state index in [1.165, 1.54) is 12.1 Å². The maximum Gasteiger partial charge on any atom is 0.323 e. The number of phenols is 1. The molecule has 0 fully saturated rings. The molecule has 2 aromatic carbocycles. The molecule has 0 aliphatic rings. The Labute approximate surface area is 151 Å². The summed E-state index contributed by atoms with van der Waals surface area (Å²) in [6.07, 6.45) is 0. The van der Waals surface area contributed by atoms with Gasteiger partial charge in [-0.2, -0.15) is 0 Å². The Morgan fingerprint density at radius 1 is 0.875 bits per heavy atom. The van der Waals surface area contributed by atoms with Crippen LogP contribution < -0.4 is 15.5 Å². The quantitative estimate of drug-likeness (QED) is 0.504. The Kier molecular flexibility index (Phi) is 7.03. The van der Waals surface area contributed by atoms with Crippen LogP contribution in [0.4, 0.5) is 21.9 Å². The number of carbonyl (C=O) groups is 1. The normalized spacial score (nSPS) is 10.2. The van der Waals surface area contributed by atoms with Crippen LogP contribution in [0.3, 0.4) is 0 Å². The first-order valence-corrected chi connectivity index (χ1v) is 8.53. The summed E-state index contributed by atoms with van der Waals surface area (Å²) in [4.78, 5) is 14.0. The van der Waals surface area contributed by atoms with Crippen LogP contribution in [0.2, 0.25) is 0 Å². The number of phenolic OH excluding ortho intramolecular Hbond substituents is 1. The average Bonchev–Trinajstić information content (AvgIpc) is 2.57. The van der Waals surface area contributed by atoms with Crippen molar-refractivity contribution in [2.24, 2.45) is 0 Å². The SMILES string of the molecule is O=C(Nc1ccc(O)cc1)Nc1ccc(N(CCCl)CCCl)cc1. The number of urea groups is 1. The number of rotatable bonds is 7. The molecule has 5 nitrogen and oxygen atoms in total. The monoisotopic (exact) mass is 367 g/mol. The molecule has 0 atom stereocenters. The van der Waals surface area contributed by atoms with Gasteiger partial charge in [-0.1, -0.05) is 0 Å². The van der Waals surface area contributed by atoms with E-state index in [1.807, 2.05) is 24.3 Å². The Morgan fingerprint density at radius 2 is 1.33 bits per heavy atom. The number of anilines is 3. The molecule has 0 spiro atoms. The molecule has 24 heavy (non-hydrogen) atoms. The van der Waals surface area contributed by atoms with Crippen molar-refractivity contribution in [2.45, 2.75) is 0 Å². The zero-order chi connectivity index (χ0) is 17.4. The van der Waals surface area contributed by atoms with Gasteiger partial charge in [0.1, 0.15) is 5.75 Å². The van der Waals surface area contributed by atoms with E-state index in [9.17, 15) is 9.90 Å². The molecule has 0 aromatic heterocycles. The number of amides is 2. The highest BCUT2D eigenvalue weighted by molar-refractivity contribution is 6.18. The number of aromatic hydroxyl groups is 1. The number of nitrogens with one attached hydrogen (secondary N) is 2. The van der Waals surface area contributed by atoms with E-state index < -0.39 is 0 Å². The van der Waals surface area contributed by atoms with Crippen molar-refractivity contribution in [3.8, 4) is 5.75 Å². The van der Waals surface area contributed by atoms with Crippen molar-refractivity contribution < 1.29 is 9.90 Å². The van der Waals surface area contributed by atoms with Gasteiger partial charge in [-0.3, -0.25) is 0 Å². The lowest BCUT2D eigenvalue weighted by Gasteiger charge is -2.23. The molecular formula is C17H19Cl2N3O2. The summed E-state index contributed by atoms with van der Waals surface area (Å²) < 4.78 is 0.